The average molecular weight is 228 g/mol. The highest BCUT2D eigenvalue weighted by Crippen LogP contribution is 2.22. The van der Waals surface area contributed by atoms with Crippen LogP contribution >= 0.6 is 11.6 Å². The molecule has 15 heavy (non-hydrogen) atoms. The van der Waals surface area contributed by atoms with Gasteiger partial charge in [0.15, 0.2) is 0 Å². The Kier molecular flexibility index (Phi) is 4.39. The normalized spacial score (nSPS) is 10.0. The summed E-state index contributed by atoms with van der Waals surface area (Å²) in [4.78, 5) is 10.9. The van der Waals surface area contributed by atoms with Crippen molar-refractivity contribution < 1.29 is 4.79 Å². The number of halogens is 1. The molecule has 0 aliphatic heterocycles. The molecule has 1 amide bonds. The van der Waals surface area contributed by atoms with Gasteiger partial charge in [0.1, 0.15) is 0 Å². The van der Waals surface area contributed by atoms with Crippen molar-refractivity contribution in [3.63, 3.8) is 0 Å². The average Bonchev–Trinajstić information content (AvgIpc) is 2.20. The molecule has 0 aliphatic carbocycles. The Morgan fingerprint density at radius 2 is 2.20 bits per heavy atom. The molecule has 1 aromatic carbocycles. The molecule has 1 aromatic rings. The maximum absolute atomic E-state index is 10.9. The maximum Gasteiger partial charge on any atom is 0.248 e. The monoisotopic (exact) mass is 227 g/mol. The minimum Gasteiger partial charge on any atom is -0.383 e. The maximum atomic E-state index is 10.9. The molecule has 4 N–H and O–H groups in total. The Labute approximate surface area is 93.8 Å². The largest absolute Gasteiger partial charge is 0.383 e. The van der Waals surface area contributed by atoms with Gasteiger partial charge in [-0.15, -0.1) is 0 Å². The van der Waals surface area contributed by atoms with E-state index in [1.807, 2.05) is 7.05 Å². The topological polar surface area (TPSA) is 67.2 Å². The number of primary amides is 1. The Morgan fingerprint density at radius 3 is 2.73 bits per heavy atom. The molecule has 0 bridgehead atoms. The molecule has 0 aliphatic rings. The van der Waals surface area contributed by atoms with Crippen molar-refractivity contribution in [2.75, 3.05) is 25.5 Å². The molecule has 0 spiro atoms. The predicted molar refractivity (Wildman–Crippen MR) is 62.4 cm³/mol. The van der Waals surface area contributed by atoms with Gasteiger partial charge in [-0.1, -0.05) is 11.6 Å². The molecular formula is C10H14ClN3O. The molecule has 0 atom stereocenters. The van der Waals surface area contributed by atoms with Crippen molar-refractivity contribution in [1.82, 2.24) is 5.32 Å². The molecule has 0 fully saturated rings. The lowest BCUT2D eigenvalue weighted by molar-refractivity contribution is 0.100. The van der Waals surface area contributed by atoms with Crippen LogP contribution in [0.3, 0.4) is 0 Å². The highest BCUT2D eigenvalue weighted by Gasteiger charge is 2.04. The summed E-state index contributed by atoms with van der Waals surface area (Å²) in [5.74, 6) is -0.473. The highest BCUT2D eigenvalue weighted by molar-refractivity contribution is 6.33. The Balaban J connectivity index is 2.70. The van der Waals surface area contributed by atoms with Crippen LogP contribution in [0.1, 0.15) is 10.4 Å². The second kappa shape index (κ2) is 5.58. The lowest BCUT2D eigenvalue weighted by atomic mass is 10.2. The molecule has 0 radical (unpaired) electrons. The van der Waals surface area contributed by atoms with E-state index in [0.717, 1.165) is 18.8 Å². The fourth-order valence-corrected chi connectivity index (χ4v) is 1.38. The number of benzene rings is 1. The van der Waals surface area contributed by atoms with Crippen molar-refractivity contribution in [2.24, 2.45) is 5.73 Å². The second-order valence-electron chi connectivity index (χ2n) is 3.09. The highest BCUT2D eigenvalue weighted by atomic mass is 35.5. The van der Waals surface area contributed by atoms with Gasteiger partial charge < -0.3 is 16.4 Å². The lowest BCUT2D eigenvalue weighted by Crippen LogP contribution is -2.18. The lowest BCUT2D eigenvalue weighted by Gasteiger charge is -2.08. The first-order valence-electron chi connectivity index (χ1n) is 4.63. The van der Waals surface area contributed by atoms with E-state index < -0.39 is 5.91 Å². The van der Waals surface area contributed by atoms with E-state index in [0.29, 0.717) is 10.6 Å². The standard InChI is InChI=1S/C10H14ClN3O/c1-13-4-5-14-9-3-2-7(10(12)15)6-8(9)11/h2-3,6,13-14H,4-5H2,1H3,(H2,12,15). The first-order chi connectivity index (χ1) is 7.15. The number of nitrogens with one attached hydrogen (secondary N) is 2. The fraction of sp³-hybridized carbons (Fsp3) is 0.300. The third kappa shape index (κ3) is 3.42. The molecule has 5 heteroatoms. The molecular weight excluding hydrogens is 214 g/mol. The quantitative estimate of drug-likeness (QED) is 0.660. The second-order valence-corrected chi connectivity index (χ2v) is 3.50. The van der Waals surface area contributed by atoms with Crippen LogP contribution in [0.15, 0.2) is 18.2 Å². The van der Waals surface area contributed by atoms with Crippen molar-refractivity contribution in [1.29, 1.82) is 0 Å². The van der Waals surface area contributed by atoms with Crippen LogP contribution in [-0.2, 0) is 0 Å². The van der Waals surface area contributed by atoms with E-state index in [9.17, 15) is 4.79 Å². The van der Waals surface area contributed by atoms with E-state index in [4.69, 9.17) is 17.3 Å². The summed E-state index contributed by atoms with van der Waals surface area (Å²) in [6, 6.07) is 4.96. The first kappa shape index (κ1) is 11.8. The minimum absolute atomic E-state index is 0.416. The minimum atomic E-state index is -0.473. The van der Waals surface area contributed by atoms with Crippen LogP contribution in [0.5, 0.6) is 0 Å². The number of nitrogens with two attached hydrogens (primary N) is 1. The molecule has 82 valence electrons. The number of carbonyl (C=O) groups excluding carboxylic acids is 1. The summed E-state index contributed by atoms with van der Waals surface area (Å²) in [5.41, 5.74) is 6.34. The number of likely N-dealkylation sites (N-methyl/N-ethyl adjacent to an activating group) is 1. The van der Waals surface area contributed by atoms with E-state index in [1.165, 1.54) is 0 Å². The first-order valence-corrected chi connectivity index (χ1v) is 5.00. The SMILES string of the molecule is CNCCNc1ccc(C(N)=O)cc1Cl. The molecule has 0 aromatic heterocycles. The van der Waals surface area contributed by atoms with Gasteiger partial charge in [-0.3, -0.25) is 4.79 Å². The summed E-state index contributed by atoms with van der Waals surface area (Å²) >= 11 is 5.96. The third-order valence-corrected chi connectivity index (χ3v) is 2.26. The van der Waals surface area contributed by atoms with E-state index >= 15 is 0 Å². The van der Waals surface area contributed by atoms with Crippen LogP contribution in [0, 0.1) is 0 Å². The third-order valence-electron chi connectivity index (χ3n) is 1.94. The van der Waals surface area contributed by atoms with E-state index in [-0.39, 0.29) is 0 Å². The molecule has 1 rings (SSSR count). The van der Waals surface area contributed by atoms with Gasteiger partial charge >= 0.3 is 0 Å². The number of anilines is 1. The Hall–Kier alpha value is -1.26. The summed E-state index contributed by atoms with van der Waals surface area (Å²) in [7, 11) is 1.87. The van der Waals surface area contributed by atoms with Gasteiger partial charge in [0.25, 0.3) is 0 Å². The number of amides is 1. The predicted octanol–water partition coefficient (Wildman–Crippen LogP) is 1.07. The Morgan fingerprint density at radius 1 is 1.47 bits per heavy atom. The van der Waals surface area contributed by atoms with Crippen LogP contribution in [0.2, 0.25) is 5.02 Å². The summed E-state index contributed by atoms with van der Waals surface area (Å²) < 4.78 is 0. The fourth-order valence-electron chi connectivity index (χ4n) is 1.13. The molecule has 4 nitrogen and oxygen atoms in total. The number of hydrogen-bond donors (Lipinski definition) is 3. The molecule has 0 unspecified atom stereocenters. The molecule has 0 saturated heterocycles. The smallest absolute Gasteiger partial charge is 0.248 e. The van der Waals surface area contributed by atoms with Gasteiger partial charge in [0.2, 0.25) is 5.91 Å². The number of carbonyl (C=O) groups is 1. The van der Waals surface area contributed by atoms with Gasteiger partial charge in [-0.05, 0) is 25.2 Å². The summed E-state index contributed by atoms with van der Waals surface area (Å²) in [6.07, 6.45) is 0. The van der Waals surface area contributed by atoms with Crippen LogP contribution in [-0.4, -0.2) is 26.0 Å². The zero-order chi connectivity index (χ0) is 11.3. The molecule has 0 heterocycles. The summed E-state index contributed by atoms with van der Waals surface area (Å²) in [5, 5.41) is 6.64. The Bertz CT molecular complexity index is 355. The van der Waals surface area contributed by atoms with E-state index in [2.05, 4.69) is 10.6 Å². The van der Waals surface area contributed by atoms with Crippen molar-refractivity contribution in [3.05, 3.63) is 28.8 Å². The van der Waals surface area contributed by atoms with Gasteiger partial charge in [-0.25, -0.2) is 0 Å². The number of rotatable bonds is 5. The zero-order valence-electron chi connectivity index (χ0n) is 8.51. The van der Waals surface area contributed by atoms with Crippen molar-refractivity contribution in [2.45, 2.75) is 0 Å². The van der Waals surface area contributed by atoms with Gasteiger partial charge in [-0.2, -0.15) is 0 Å². The van der Waals surface area contributed by atoms with E-state index in [1.54, 1.807) is 18.2 Å². The van der Waals surface area contributed by atoms with Crippen LogP contribution in [0.4, 0.5) is 5.69 Å². The zero-order valence-corrected chi connectivity index (χ0v) is 9.27. The van der Waals surface area contributed by atoms with Crippen LogP contribution in [0.25, 0.3) is 0 Å². The van der Waals surface area contributed by atoms with Crippen molar-refractivity contribution in [3.8, 4) is 0 Å². The van der Waals surface area contributed by atoms with Gasteiger partial charge in [0.05, 0.1) is 10.7 Å². The van der Waals surface area contributed by atoms with Crippen molar-refractivity contribution >= 4 is 23.2 Å². The number of hydrogen-bond acceptors (Lipinski definition) is 3. The molecule has 0 saturated carbocycles. The summed E-state index contributed by atoms with van der Waals surface area (Å²) in [6.45, 7) is 1.61. The van der Waals surface area contributed by atoms with Crippen LogP contribution < -0.4 is 16.4 Å². The van der Waals surface area contributed by atoms with Gasteiger partial charge in [0, 0.05) is 18.7 Å².